The Morgan fingerprint density at radius 2 is 1.91 bits per heavy atom. The predicted molar refractivity (Wildman–Crippen MR) is 118 cm³/mol. The number of aliphatic hydroxyl groups excluding tert-OH is 2. The van der Waals surface area contributed by atoms with Gasteiger partial charge < -0.3 is 29.9 Å². The predicted octanol–water partition coefficient (Wildman–Crippen LogP) is 3.06. The first-order chi connectivity index (χ1) is 14.8. The largest absolute Gasteiger partial charge is 0.507 e. The van der Waals surface area contributed by atoms with E-state index < -0.39 is 41.7 Å². The molecule has 4 rings (SSSR count). The van der Waals surface area contributed by atoms with Gasteiger partial charge >= 0.3 is 5.97 Å². The molecule has 0 amide bonds. The van der Waals surface area contributed by atoms with Crippen LogP contribution in [-0.4, -0.2) is 57.9 Å². The van der Waals surface area contributed by atoms with Gasteiger partial charge in [0.1, 0.15) is 28.8 Å². The molecule has 7 unspecified atom stereocenters. The van der Waals surface area contributed by atoms with Crippen LogP contribution in [0.15, 0.2) is 6.07 Å². The molecule has 0 spiro atoms. The molecule has 1 aromatic rings. The maximum absolute atomic E-state index is 13.1. The van der Waals surface area contributed by atoms with Gasteiger partial charge in [-0.1, -0.05) is 32.4 Å². The third-order valence-electron chi connectivity index (χ3n) is 8.64. The first kappa shape index (κ1) is 23.6. The first-order valence-electron chi connectivity index (χ1n) is 11.1. The van der Waals surface area contributed by atoms with Crippen LogP contribution in [0.3, 0.4) is 0 Å². The maximum atomic E-state index is 13.1. The molecular formula is C24H33ClO7. The summed E-state index contributed by atoms with van der Waals surface area (Å²) in [6, 6.07) is 1.25. The van der Waals surface area contributed by atoms with Crippen LogP contribution < -0.4 is 4.74 Å². The Kier molecular flexibility index (Phi) is 5.52. The fourth-order valence-corrected chi connectivity index (χ4v) is 7.22. The van der Waals surface area contributed by atoms with E-state index >= 15 is 0 Å². The minimum absolute atomic E-state index is 0.0178. The van der Waals surface area contributed by atoms with Gasteiger partial charge in [-0.25, -0.2) is 4.79 Å². The molecule has 3 fully saturated rings. The van der Waals surface area contributed by atoms with Crippen molar-refractivity contribution in [3.8, 4) is 11.5 Å². The SMILES string of the molecule is COc1cc(O)c(C(=O)OC2CC3(C)C4CC(C)(C)CC4C(O)C(CO)C23O)c(C)c1Cl. The van der Waals surface area contributed by atoms with E-state index in [1.165, 1.54) is 13.2 Å². The number of phenols is 1. The lowest BCUT2D eigenvalue weighted by Crippen LogP contribution is -2.79. The van der Waals surface area contributed by atoms with Crippen LogP contribution >= 0.6 is 11.6 Å². The van der Waals surface area contributed by atoms with Gasteiger partial charge in [0.25, 0.3) is 0 Å². The number of hydrogen-bond acceptors (Lipinski definition) is 7. The summed E-state index contributed by atoms with van der Waals surface area (Å²) in [5.74, 6) is -1.70. The van der Waals surface area contributed by atoms with E-state index in [0.717, 1.165) is 12.8 Å². The number of rotatable bonds is 4. The van der Waals surface area contributed by atoms with E-state index in [2.05, 4.69) is 13.8 Å². The average molecular weight is 469 g/mol. The van der Waals surface area contributed by atoms with Crippen LogP contribution in [0.2, 0.25) is 5.02 Å². The standard InChI is InChI=1S/C24H33ClO7/c1-11-18(15(27)6-16(31-5)19(11)25)21(29)32-17-9-23(4)13-8-22(2,3)7-12(13)20(28)14(10-26)24(17,23)30/h6,12-14,17,20,26-28,30H,7-10H2,1-5H3. The molecule has 3 aliphatic rings. The molecule has 32 heavy (non-hydrogen) atoms. The van der Waals surface area contributed by atoms with Crippen LogP contribution in [0, 0.1) is 35.5 Å². The lowest BCUT2D eigenvalue weighted by molar-refractivity contribution is -0.332. The Morgan fingerprint density at radius 3 is 2.50 bits per heavy atom. The lowest BCUT2D eigenvalue weighted by atomic mass is 9.40. The van der Waals surface area contributed by atoms with Crippen molar-refractivity contribution in [2.75, 3.05) is 13.7 Å². The van der Waals surface area contributed by atoms with Crippen molar-refractivity contribution in [3.63, 3.8) is 0 Å². The number of phenolic OH excluding ortho intramolecular Hbond substituents is 1. The summed E-state index contributed by atoms with van der Waals surface area (Å²) >= 11 is 6.25. The fraction of sp³-hybridized carbons (Fsp3) is 0.708. The van der Waals surface area contributed by atoms with Gasteiger partial charge in [0.05, 0.1) is 24.8 Å². The summed E-state index contributed by atoms with van der Waals surface area (Å²) in [5, 5.41) is 43.7. The highest BCUT2D eigenvalue weighted by molar-refractivity contribution is 6.33. The molecule has 3 aliphatic carbocycles. The number of aliphatic hydroxyl groups is 3. The summed E-state index contributed by atoms with van der Waals surface area (Å²) in [5.41, 5.74) is -1.93. The van der Waals surface area contributed by atoms with Gasteiger partial charge in [-0.05, 0) is 49.0 Å². The molecule has 7 atom stereocenters. The monoisotopic (exact) mass is 468 g/mol. The smallest absolute Gasteiger partial charge is 0.342 e. The zero-order chi connectivity index (χ0) is 23.8. The van der Waals surface area contributed by atoms with Gasteiger partial charge in [-0.15, -0.1) is 0 Å². The van der Waals surface area contributed by atoms with Gasteiger partial charge in [0, 0.05) is 17.4 Å². The van der Waals surface area contributed by atoms with Crippen LogP contribution in [0.4, 0.5) is 0 Å². The highest BCUT2D eigenvalue weighted by atomic mass is 35.5. The van der Waals surface area contributed by atoms with Crippen molar-refractivity contribution in [3.05, 3.63) is 22.2 Å². The molecule has 0 radical (unpaired) electrons. The molecular weight excluding hydrogens is 436 g/mol. The molecule has 178 valence electrons. The molecule has 0 aliphatic heterocycles. The highest BCUT2D eigenvalue weighted by Crippen LogP contribution is 2.70. The number of carbonyl (C=O) groups is 1. The molecule has 3 saturated carbocycles. The topological polar surface area (TPSA) is 116 Å². The zero-order valence-electron chi connectivity index (χ0n) is 19.2. The van der Waals surface area contributed by atoms with E-state index in [9.17, 15) is 25.2 Å². The third-order valence-corrected chi connectivity index (χ3v) is 9.11. The number of esters is 1. The molecule has 8 heteroatoms. The molecule has 4 N–H and O–H groups in total. The fourth-order valence-electron chi connectivity index (χ4n) is 7.00. The van der Waals surface area contributed by atoms with Crippen molar-refractivity contribution in [1.29, 1.82) is 0 Å². The number of benzene rings is 1. The third kappa shape index (κ3) is 3.01. The summed E-state index contributed by atoms with van der Waals surface area (Å²) in [6.07, 6.45) is 0.274. The maximum Gasteiger partial charge on any atom is 0.342 e. The van der Waals surface area contributed by atoms with E-state index in [1.807, 2.05) is 6.92 Å². The van der Waals surface area contributed by atoms with Crippen LogP contribution in [0.5, 0.6) is 11.5 Å². The second kappa shape index (κ2) is 7.49. The Labute approximate surface area is 193 Å². The lowest BCUT2D eigenvalue weighted by Gasteiger charge is -2.69. The van der Waals surface area contributed by atoms with Crippen molar-refractivity contribution in [1.82, 2.24) is 0 Å². The zero-order valence-corrected chi connectivity index (χ0v) is 19.9. The molecule has 0 saturated heterocycles. The Hall–Kier alpha value is -1.54. The van der Waals surface area contributed by atoms with Crippen molar-refractivity contribution in [2.45, 2.75) is 64.8 Å². The minimum Gasteiger partial charge on any atom is -0.507 e. The molecule has 1 aromatic carbocycles. The normalized spacial score (nSPS) is 39.6. The second-order valence-electron chi connectivity index (χ2n) is 10.9. The second-order valence-corrected chi connectivity index (χ2v) is 11.3. The Morgan fingerprint density at radius 1 is 1.25 bits per heavy atom. The minimum atomic E-state index is -1.57. The van der Waals surface area contributed by atoms with Crippen LogP contribution in [-0.2, 0) is 4.74 Å². The summed E-state index contributed by atoms with van der Waals surface area (Å²) in [6.45, 7) is 7.45. The molecule has 7 nitrogen and oxygen atoms in total. The van der Waals surface area contributed by atoms with E-state index in [-0.39, 0.29) is 39.3 Å². The number of aromatic hydroxyl groups is 1. The number of methoxy groups -OCH3 is 1. The number of halogens is 1. The quantitative estimate of drug-likeness (QED) is 0.502. The average Bonchev–Trinajstić information content (AvgIpc) is 3.05. The van der Waals surface area contributed by atoms with Gasteiger partial charge in [-0.2, -0.15) is 0 Å². The Balaban J connectivity index is 1.65. The number of carbonyl (C=O) groups excluding carboxylic acids is 1. The highest BCUT2D eigenvalue weighted by Gasteiger charge is 2.76. The summed E-state index contributed by atoms with van der Waals surface area (Å²) < 4.78 is 10.8. The van der Waals surface area contributed by atoms with E-state index in [0.29, 0.717) is 12.0 Å². The van der Waals surface area contributed by atoms with Crippen LogP contribution in [0.25, 0.3) is 0 Å². The van der Waals surface area contributed by atoms with Crippen molar-refractivity contribution in [2.24, 2.45) is 28.6 Å². The Bertz CT molecular complexity index is 947. The first-order valence-corrected chi connectivity index (χ1v) is 11.5. The molecule has 0 heterocycles. The summed E-state index contributed by atoms with van der Waals surface area (Å²) in [7, 11) is 1.41. The van der Waals surface area contributed by atoms with Gasteiger partial charge in [0.15, 0.2) is 0 Å². The molecule has 0 bridgehead atoms. The van der Waals surface area contributed by atoms with Gasteiger partial charge in [-0.3, -0.25) is 0 Å². The number of fused-ring (bicyclic) bond motifs is 3. The summed E-state index contributed by atoms with van der Waals surface area (Å²) in [4.78, 5) is 13.1. The molecule has 0 aromatic heterocycles. The number of ether oxygens (including phenoxy) is 2. The van der Waals surface area contributed by atoms with Crippen molar-refractivity contribution < 1.29 is 34.7 Å². The number of hydrogen-bond donors (Lipinski definition) is 4. The van der Waals surface area contributed by atoms with E-state index in [1.54, 1.807) is 6.92 Å². The van der Waals surface area contributed by atoms with Gasteiger partial charge in [0.2, 0.25) is 0 Å². The van der Waals surface area contributed by atoms with Crippen LogP contribution in [0.1, 0.15) is 56.0 Å². The van der Waals surface area contributed by atoms with E-state index in [4.69, 9.17) is 21.1 Å². The van der Waals surface area contributed by atoms with Crippen molar-refractivity contribution >= 4 is 17.6 Å².